The zero-order valence-corrected chi connectivity index (χ0v) is 15.9. The van der Waals surface area contributed by atoms with E-state index in [1.807, 2.05) is 50.2 Å². The molecule has 2 aromatic rings. The number of hydrogen-bond donors (Lipinski definition) is 0. The Morgan fingerprint density at radius 3 is 2.31 bits per heavy atom. The maximum atomic E-state index is 6.25. The van der Waals surface area contributed by atoms with E-state index in [4.69, 9.17) is 18.9 Å². The number of fused-ring (bicyclic) bond motifs is 1. The van der Waals surface area contributed by atoms with Gasteiger partial charge in [0.1, 0.15) is 23.7 Å². The van der Waals surface area contributed by atoms with Gasteiger partial charge in [0.2, 0.25) is 0 Å². The summed E-state index contributed by atoms with van der Waals surface area (Å²) in [5, 5.41) is 0. The van der Waals surface area contributed by atoms with Crippen LogP contribution in [0.25, 0.3) is 0 Å². The van der Waals surface area contributed by atoms with Crippen LogP contribution >= 0.6 is 11.8 Å². The van der Waals surface area contributed by atoms with Crippen LogP contribution in [0, 0.1) is 0 Å². The van der Waals surface area contributed by atoms with Gasteiger partial charge in [-0.25, -0.2) is 0 Å². The van der Waals surface area contributed by atoms with Gasteiger partial charge in [0, 0.05) is 4.90 Å². The van der Waals surface area contributed by atoms with Gasteiger partial charge in [-0.2, -0.15) is 0 Å². The standard InChI is InChI=1S/C21H24O4S/c1-21(2)24-18-17(14-22-13-15-9-5-3-6-10-15)23-20(19(18)25-21)26-16-11-7-4-8-12-16/h3-12,17-20H,13-14H2,1-2H3/t17-,18-,19-,20+/m1/s1. The number of benzene rings is 2. The van der Waals surface area contributed by atoms with Crippen molar-refractivity contribution in [3.05, 3.63) is 66.2 Å². The molecule has 4 rings (SSSR count). The molecule has 2 aliphatic rings. The molecule has 0 unspecified atom stereocenters. The van der Waals surface area contributed by atoms with Gasteiger partial charge in [-0.3, -0.25) is 0 Å². The van der Waals surface area contributed by atoms with E-state index in [1.54, 1.807) is 11.8 Å². The van der Waals surface area contributed by atoms with Crippen LogP contribution in [0.2, 0.25) is 0 Å². The fourth-order valence-electron chi connectivity index (χ4n) is 3.37. The summed E-state index contributed by atoms with van der Waals surface area (Å²) in [5.74, 6) is -0.591. The van der Waals surface area contributed by atoms with Crippen LogP contribution in [-0.4, -0.2) is 36.1 Å². The van der Waals surface area contributed by atoms with Crippen molar-refractivity contribution in [2.75, 3.05) is 6.61 Å². The zero-order valence-electron chi connectivity index (χ0n) is 15.0. The van der Waals surface area contributed by atoms with E-state index in [-0.39, 0.29) is 23.7 Å². The average molecular weight is 372 g/mol. The van der Waals surface area contributed by atoms with E-state index in [1.165, 1.54) is 0 Å². The van der Waals surface area contributed by atoms with Gasteiger partial charge in [0.05, 0.1) is 13.2 Å². The van der Waals surface area contributed by atoms with Crippen molar-refractivity contribution in [2.45, 2.75) is 54.9 Å². The first kappa shape index (κ1) is 18.0. The molecule has 138 valence electrons. The van der Waals surface area contributed by atoms with Crippen molar-refractivity contribution in [3.63, 3.8) is 0 Å². The summed E-state index contributed by atoms with van der Waals surface area (Å²) in [4.78, 5) is 1.16. The maximum Gasteiger partial charge on any atom is 0.164 e. The molecule has 5 heteroatoms. The Bertz CT molecular complexity index is 706. The second kappa shape index (κ2) is 7.71. The van der Waals surface area contributed by atoms with E-state index >= 15 is 0 Å². The van der Waals surface area contributed by atoms with Crippen LogP contribution < -0.4 is 0 Å². The third-order valence-electron chi connectivity index (χ3n) is 4.50. The first-order chi connectivity index (χ1) is 12.6. The summed E-state index contributed by atoms with van der Waals surface area (Å²) in [7, 11) is 0. The predicted octanol–water partition coefficient (Wildman–Crippen LogP) is 4.24. The van der Waals surface area contributed by atoms with E-state index in [2.05, 4.69) is 24.3 Å². The van der Waals surface area contributed by atoms with E-state index in [0.29, 0.717) is 13.2 Å². The van der Waals surface area contributed by atoms with Crippen LogP contribution in [0.1, 0.15) is 19.4 Å². The summed E-state index contributed by atoms with van der Waals surface area (Å²) in [6.45, 7) is 4.97. The van der Waals surface area contributed by atoms with Gasteiger partial charge in [0.25, 0.3) is 0 Å². The highest BCUT2D eigenvalue weighted by Gasteiger charge is 2.55. The fraction of sp³-hybridized carbons (Fsp3) is 0.429. The molecule has 4 nitrogen and oxygen atoms in total. The molecule has 2 fully saturated rings. The molecule has 2 saturated heterocycles. The lowest BCUT2D eigenvalue weighted by atomic mass is 10.1. The van der Waals surface area contributed by atoms with Crippen LogP contribution in [0.15, 0.2) is 65.6 Å². The lowest BCUT2D eigenvalue weighted by molar-refractivity contribution is -0.183. The Morgan fingerprint density at radius 2 is 1.58 bits per heavy atom. The Balaban J connectivity index is 1.40. The van der Waals surface area contributed by atoms with Crippen molar-refractivity contribution in [1.82, 2.24) is 0 Å². The Labute approximate surface area is 158 Å². The van der Waals surface area contributed by atoms with Crippen molar-refractivity contribution in [3.8, 4) is 0 Å². The minimum Gasteiger partial charge on any atom is -0.374 e. The molecule has 0 N–H and O–H groups in total. The van der Waals surface area contributed by atoms with Crippen LogP contribution in [0.5, 0.6) is 0 Å². The predicted molar refractivity (Wildman–Crippen MR) is 101 cm³/mol. The van der Waals surface area contributed by atoms with Crippen molar-refractivity contribution < 1.29 is 18.9 Å². The molecule has 0 aliphatic carbocycles. The van der Waals surface area contributed by atoms with Crippen LogP contribution in [-0.2, 0) is 25.6 Å². The number of rotatable bonds is 6. The van der Waals surface area contributed by atoms with Crippen LogP contribution in [0.3, 0.4) is 0 Å². The third kappa shape index (κ3) is 4.13. The molecule has 0 bridgehead atoms. The Morgan fingerprint density at radius 1 is 0.923 bits per heavy atom. The molecule has 2 aromatic carbocycles. The van der Waals surface area contributed by atoms with Crippen molar-refractivity contribution >= 4 is 11.8 Å². The molecule has 4 atom stereocenters. The first-order valence-electron chi connectivity index (χ1n) is 8.95. The summed E-state index contributed by atoms with van der Waals surface area (Å²) >= 11 is 1.68. The van der Waals surface area contributed by atoms with Gasteiger partial charge in [-0.1, -0.05) is 60.3 Å². The molecule has 2 heterocycles. The Hall–Kier alpha value is -1.37. The average Bonchev–Trinajstić information content (AvgIpc) is 3.11. The van der Waals surface area contributed by atoms with E-state index < -0.39 is 5.79 Å². The minimum atomic E-state index is -0.591. The zero-order chi connectivity index (χ0) is 18.0. The molecule has 0 aromatic heterocycles. The maximum absolute atomic E-state index is 6.25. The molecule has 2 aliphatic heterocycles. The number of hydrogen-bond acceptors (Lipinski definition) is 5. The normalized spacial score (nSPS) is 29.6. The van der Waals surface area contributed by atoms with E-state index in [9.17, 15) is 0 Å². The molecule has 0 amide bonds. The topological polar surface area (TPSA) is 36.9 Å². The largest absolute Gasteiger partial charge is 0.374 e. The quantitative estimate of drug-likeness (QED) is 0.758. The van der Waals surface area contributed by atoms with Gasteiger partial charge in [0.15, 0.2) is 5.79 Å². The van der Waals surface area contributed by atoms with Gasteiger partial charge in [-0.15, -0.1) is 0 Å². The molecular formula is C21H24O4S. The smallest absolute Gasteiger partial charge is 0.164 e. The summed E-state index contributed by atoms with van der Waals surface area (Å²) in [5.41, 5.74) is 1.05. The first-order valence-corrected chi connectivity index (χ1v) is 9.83. The SMILES string of the molecule is CC1(C)O[C@@H]2[C@H](O1)[C@@H](COCc1ccccc1)O[C@H]2Sc1ccccc1. The molecule has 26 heavy (non-hydrogen) atoms. The van der Waals surface area contributed by atoms with Crippen molar-refractivity contribution in [1.29, 1.82) is 0 Å². The molecule has 0 saturated carbocycles. The lowest BCUT2D eigenvalue weighted by Crippen LogP contribution is -2.32. The fourth-order valence-corrected chi connectivity index (χ4v) is 4.50. The molecular weight excluding hydrogens is 348 g/mol. The third-order valence-corrected chi connectivity index (χ3v) is 5.65. The number of ether oxygens (including phenoxy) is 4. The van der Waals surface area contributed by atoms with Gasteiger partial charge in [-0.05, 0) is 31.5 Å². The minimum absolute atomic E-state index is 0.0967. The van der Waals surface area contributed by atoms with Crippen LogP contribution in [0.4, 0.5) is 0 Å². The van der Waals surface area contributed by atoms with E-state index in [0.717, 1.165) is 10.5 Å². The Kier molecular flexibility index (Phi) is 5.34. The van der Waals surface area contributed by atoms with Gasteiger partial charge < -0.3 is 18.9 Å². The monoisotopic (exact) mass is 372 g/mol. The van der Waals surface area contributed by atoms with Crippen molar-refractivity contribution in [2.24, 2.45) is 0 Å². The highest BCUT2D eigenvalue weighted by molar-refractivity contribution is 7.99. The van der Waals surface area contributed by atoms with Gasteiger partial charge >= 0.3 is 0 Å². The number of thioether (sulfide) groups is 1. The summed E-state index contributed by atoms with van der Waals surface area (Å²) in [6.07, 6.45) is -0.339. The highest BCUT2D eigenvalue weighted by atomic mass is 32.2. The molecule has 0 radical (unpaired) electrons. The summed E-state index contributed by atoms with van der Waals surface area (Å²) in [6, 6.07) is 20.4. The summed E-state index contributed by atoms with van der Waals surface area (Å²) < 4.78 is 24.4. The second-order valence-electron chi connectivity index (χ2n) is 7.04. The second-order valence-corrected chi connectivity index (χ2v) is 8.21. The molecule has 0 spiro atoms. The highest BCUT2D eigenvalue weighted by Crippen LogP contribution is 2.44. The lowest BCUT2D eigenvalue weighted by Gasteiger charge is -2.24.